The number of aromatic nitrogens is 1. The Balaban J connectivity index is 1.72. The van der Waals surface area contributed by atoms with E-state index in [1.54, 1.807) is 31.4 Å². The molecule has 1 aromatic carbocycles. The van der Waals surface area contributed by atoms with Crippen molar-refractivity contribution in [1.82, 2.24) is 9.29 Å². The molecule has 1 aliphatic rings. The zero-order chi connectivity index (χ0) is 22.8. The number of aliphatic hydroxyl groups excluding tert-OH is 1. The maximum absolute atomic E-state index is 13.1. The Bertz CT molecular complexity index is 1080. The fourth-order valence-electron chi connectivity index (χ4n) is 3.18. The van der Waals surface area contributed by atoms with Gasteiger partial charge in [-0.1, -0.05) is 6.07 Å². The number of thiazole rings is 1. The second-order valence-corrected chi connectivity index (χ2v) is 9.95. The number of rotatable bonds is 7. The molecule has 1 unspecified atom stereocenters. The summed E-state index contributed by atoms with van der Waals surface area (Å²) in [7, 11) is -4.00. The third kappa shape index (κ3) is 5.12. The number of β-amino-alcohol motifs (C(OH)–C–C–N with tert-alkyl or cyclic N) is 1. The minimum absolute atomic E-state index is 0.0566. The van der Waals surface area contributed by atoms with Crippen LogP contribution in [0.25, 0.3) is 0 Å². The average molecular weight is 469 g/mol. The summed E-state index contributed by atoms with van der Waals surface area (Å²) >= 11 is 1.06. The van der Waals surface area contributed by atoms with Gasteiger partial charge in [0.1, 0.15) is 12.6 Å². The lowest BCUT2D eigenvalue weighted by Crippen LogP contribution is -2.41. The quantitative estimate of drug-likeness (QED) is 0.610. The SMILES string of the molecule is CCOC(=O)c1nc(COC(=O)[C@@H]2CC(O)CN2S(=O)(=O)c2ccc(C)c(C)c2)cs1. The third-order valence-corrected chi connectivity index (χ3v) is 7.70. The number of aliphatic hydroxyl groups is 1. The van der Waals surface area contributed by atoms with E-state index in [1.807, 2.05) is 6.92 Å². The lowest BCUT2D eigenvalue weighted by molar-refractivity contribution is -0.149. The molecule has 1 aliphatic heterocycles. The van der Waals surface area contributed by atoms with E-state index in [1.165, 1.54) is 6.07 Å². The Kier molecular flexibility index (Phi) is 7.10. The third-order valence-electron chi connectivity index (χ3n) is 4.95. The van der Waals surface area contributed by atoms with Crippen molar-refractivity contribution in [3.05, 3.63) is 45.4 Å². The van der Waals surface area contributed by atoms with Crippen molar-refractivity contribution in [3.8, 4) is 0 Å². The Morgan fingerprint density at radius 2 is 2.00 bits per heavy atom. The second-order valence-electron chi connectivity index (χ2n) is 7.20. The van der Waals surface area contributed by atoms with Gasteiger partial charge in [0.15, 0.2) is 0 Å². The molecule has 0 spiro atoms. The summed E-state index contributed by atoms with van der Waals surface area (Å²) in [6, 6.07) is 3.58. The van der Waals surface area contributed by atoms with Crippen molar-refractivity contribution in [2.45, 2.75) is 50.8 Å². The zero-order valence-corrected chi connectivity index (χ0v) is 19.0. The van der Waals surface area contributed by atoms with E-state index in [4.69, 9.17) is 9.47 Å². The topological polar surface area (TPSA) is 123 Å². The molecular weight excluding hydrogens is 444 g/mol. The number of sulfonamides is 1. The van der Waals surface area contributed by atoms with Gasteiger partial charge < -0.3 is 14.6 Å². The number of nitrogens with zero attached hydrogens (tertiary/aromatic N) is 2. The molecule has 0 aliphatic carbocycles. The van der Waals surface area contributed by atoms with Crippen LogP contribution in [0.4, 0.5) is 0 Å². The van der Waals surface area contributed by atoms with Gasteiger partial charge in [0.05, 0.1) is 23.3 Å². The van der Waals surface area contributed by atoms with Gasteiger partial charge >= 0.3 is 11.9 Å². The van der Waals surface area contributed by atoms with Gasteiger partial charge in [-0.2, -0.15) is 4.31 Å². The van der Waals surface area contributed by atoms with Crippen LogP contribution in [0.3, 0.4) is 0 Å². The first-order valence-corrected chi connectivity index (χ1v) is 12.0. The predicted molar refractivity (Wildman–Crippen MR) is 112 cm³/mol. The van der Waals surface area contributed by atoms with E-state index in [-0.39, 0.29) is 36.1 Å². The molecule has 0 bridgehead atoms. The summed E-state index contributed by atoms with van der Waals surface area (Å²) in [6.45, 7) is 5.16. The largest absolute Gasteiger partial charge is 0.461 e. The first kappa shape index (κ1) is 23.3. The Morgan fingerprint density at radius 1 is 1.26 bits per heavy atom. The molecule has 1 aromatic heterocycles. The van der Waals surface area contributed by atoms with Crippen molar-refractivity contribution < 1.29 is 32.6 Å². The van der Waals surface area contributed by atoms with Crippen LogP contribution < -0.4 is 0 Å². The van der Waals surface area contributed by atoms with Gasteiger partial charge in [0.2, 0.25) is 15.0 Å². The minimum Gasteiger partial charge on any atom is -0.461 e. The van der Waals surface area contributed by atoms with Crippen molar-refractivity contribution >= 4 is 33.3 Å². The molecular formula is C20H24N2O7S2. The molecule has 9 nitrogen and oxygen atoms in total. The van der Waals surface area contributed by atoms with E-state index in [2.05, 4.69) is 4.98 Å². The summed E-state index contributed by atoms with van der Waals surface area (Å²) in [4.78, 5) is 28.5. The summed E-state index contributed by atoms with van der Waals surface area (Å²) in [5.74, 6) is -1.34. The number of ether oxygens (including phenoxy) is 2. The molecule has 2 heterocycles. The van der Waals surface area contributed by atoms with E-state index in [0.29, 0.717) is 5.69 Å². The Morgan fingerprint density at radius 3 is 2.68 bits per heavy atom. The van der Waals surface area contributed by atoms with Crippen LogP contribution in [0.1, 0.15) is 40.0 Å². The fraction of sp³-hybridized carbons (Fsp3) is 0.450. The van der Waals surface area contributed by atoms with Gasteiger partial charge in [-0.3, -0.25) is 4.79 Å². The summed E-state index contributed by atoms with van der Waals surface area (Å²) in [5.41, 5.74) is 2.10. The van der Waals surface area contributed by atoms with E-state index >= 15 is 0 Å². The molecule has 2 aromatic rings. The van der Waals surface area contributed by atoms with Crippen LogP contribution >= 0.6 is 11.3 Å². The molecule has 1 fully saturated rings. The van der Waals surface area contributed by atoms with Crippen LogP contribution in [-0.4, -0.2) is 60.0 Å². The molecule has 168 valence electrons. The van der Waals surface area contributed by atoms with Gasteiger partial charge in [-0.05, 0) is 44.0 Å². The van der Waals surface area contributed by atoms with E-state index in [9.17, 15) is 23.1 Å². The van der Waals surface area contributed by atoms with E-state index in [0.717, 1.165) is 26.8 Å². The summed E-state index contributed by atoms with van der Waals surface area (Å²) < 4.78 is 37.3. The van der Waals surface area contributed by atoms with Crippen LogP contribution in [0, 0.1) is 13.8 Å². The monoisotopic (exact) mass is 468 g/mol. The number of aryl methyl sites for hydroxylation is 2. The number of benzene rings is 1. The van der Waals surface area contributed by atoms with E-state index < -0.39 is 34.1 Å². The standard InChI is InChI=1S/C20H24N2O7S2/c1-4-28-20(25)18-21-14(11-30-18)10-29-19(24)17-8-15(23)9-22(17)31(26,27)16-6-5-12(2)13(3)7-16/h5-7,11,15,17,23H,4,8-10H2,1-3H3/t15?,17-/m0/s1. The summed E-state index contributed by atoms with van der Waals surface area (Å²) in [5, 5.41) is 11.8. The van der Waals surface area contributed by atoms with Crippen LogP contribution in [0.15, 0.2) is 28.5 Å². The molecule has 31 heavy (non-hydrogen) atoms. The minimum atomic E-state index is -4.00. The van der Waals surface area contributed by atoms with Gasteiger partial charge in [0.25, 0.3) is 0 Å². The molecule has 3 rings (SSSR count). The zero-order valence-electron chi connectivity index (χ0n) is 17.4. The van der Waals surface area contributed by atoms with Crippen LogP contribution in [0.2, 0.25) is 0 Å². The van der Waals surface area contributed by atoms with Crippen LogP contribution in [0.5, 0.6) is 0 Å². The van der Waals surface area contributed by atoms with Gasteiger partial charge in [-0.25, -0.2) is 18.2 Å². The number of hydrogen-bond acceptors (Lipinski definition) is 9. The van der Waals surface area contributed by atoms with Crippen molar-refractivity contribution in [2.24, 2.45) is 0 Å². The van der Waals surface area contributed by atoms with Crippen molar-refractivity contribution in [1.29, 1.82) is 0 Å². The smallest absolute Gasteiger partial charge is 0.367 e. The number of carbonyl (C=O) groups is 2. The Labute approximate surface area is 184 Å². The molecule has 0 amide bonds. The Hall–Kier alpha value is -2.34. The fourth-order valence-corrected chi connectivity index (χ4v) is 5.58. The molecule has 2 atom stereocenters. The predicted octanol–water partition coefficient (Wildman–Crippen LogP) is 1.80. The maximum atomic E-state index is 13.1. The summed E-state index contributed by atoms with van der Waals surface area (Å²) in [6.07, 6.45) is -1.04. The van der Waals surface area contributed by atoms with Crippen molar-refractivity contribution in [3.63, 3.8) is 0 Å². The van der Waals surface area contributed by atoms with Crippen LogP contribution in [-0.2, 0) is 30.9 Å². The number of hydrogen-bond donors (Lipinski definition) is 1. The highest BCUT2D eigenvalue weighted by Gasteiger charge is 2.44. The highest BCUT2D eigenvalue weighted by molar-refractivity contribution is 7.89. The lowest BCUT2D eigenvalue weighted by atomic mass is 10.1. The second kappa shape index (κ2) is 9.43. The molecule has 1 saturated heterocycles. The normalized spacial score (nSPS) is 19.4. The van der Waals surface area contributed by atoms with Gasteiger partial charge in [0, 0.05) is 18.3 Å². The highest BCUT2D eigenvalue weighted by atomic mass is 32.2. The number of carbonyl (C=O) groups excluding carboxylic acids is 2. The average Bonchev–Trinajstić information content (AvgIpc) is 3.35. The molecule has 0 radical (unpaired) electrons. The van der Waals surface area contributed by atoms with Gasteiger partial charge in [-0.15, -0.1) is 11.3 Å². The van der Waals surface area contributed by atoms with Crippen molar-refractivity contribution in [2.75, 3.05) is 13.2 Å². The molecule has 0 saturated carbocycles. The highest BCUT2D eigenvalue weighted by Crippen LogP contribution is 2.28. The maximum Gasteiger partial charge on any atom is 0.367 e. The number of esters is 2. The lowest BCUT2D eigenvalue weighted by Gasteiger charge is -2.22. The molecule has 11 heteroatoms. The molecule has 1 N–H and O–H groups in total. The first-order valence-electron chi connectivity index (χ1n) is 9.68. The first-order chi connectivity index (χ1) is 14.6.